The fraction of sp³-hybridized carbons (Fsp3) is 0.261. The van der Waals surface area contributed by atoms with E-state index in [1.165, 1.54) is 27.8 Å². The highest BCUT2D eigenvalue weighted by Gasteiger charge is 2.22. The smallest absolute Gasteiger partial charge is 0.221 e. The molecule has 6 rings (SSSR count). The van der Waals surface area contributed by atoms with Crippen molar-refractivity contribution in [1.82, 2.24) is 19.8 Å². The van der Waals surface area contributed by atoms with Crippen LogP contribution in [0.4, 0.5) is 0 Å². The number of nitrogens with zero attached hydrogens (tertiary/aromatic N) is 4. The van der Waals surface area contributed by atoms with Crippen LogP contribution in [-0.2, 0) is 0 Å². The van der Waals surface area contributed by atoms with Crippen molar-refractivity contribution in [1.29, 1.82) is 0 Å². The van der Waals surface area contributed by atoms with E-state index in [-0.39, 0.29) is 5.92 Å². The summed E-state index contributed by atoms with van der Waals surface area (Å²) >= 11 is 7.14. The number of allylic oxidation sites excluding steroid dienone is 1. The van der Waals surface area contributed by atoms with Gasteiger partial charge >= 0.3 is 0 Å². The topological polar surface area (TPSA) is 50.7 Å². The molecular weight excluding hydrogens is 800 g/mol. The maximum absolute atomic E-state index is 5.70. The van der Waals surface area contributed by atoms with Gasteiger partial charge in [-0.15, -0.1) is 0 Å². The number of rotatable bonds is 12. The minimum absolute atomic E-state index is 0.0944. The normalized spacial score (nSPS) is 12.8. The third-order valence-corrected chi connectivity index (χ3v) is 10.3. The zero-order valence-electron chi connectivity index (χ0n) is 32.5. The Bertz CT molecular complexity index is 2240. The fourth-order valence-corrected chi connectivity index (χ4v) is 7.27. The molecule has 0 aliphatic heterocycles. The van der Waals surface area contributed by atoms with E-state index < -0.39 is 0 Å². The summed E-state index contributed by atoms with van der Waals surface area (Å²) in [5.74, 6) is 1.43. The lowest BCUT2D eigenvalue weighted by Crippen LogP contribution is -2.13. The minimum Gasteiger partial charge on any atom is -0.481 e. The summed E-state index contributed by atoms with van der Waals surface area (Å²) in [4.78, 5) is 13.9. The van der Waals surface area contributed by atoms with Crippen LogP contribution in [0.5, 0.6) is 11.8 Å². The average Bonchev–Trinajstić information content (AvgIpc) is 3.17. The molecule has 8 heteroatoms. The standard InChI is InChI=1S/2C23H25BrN2O/c2*1-16(12-13-26(2)3)22(17-8-6-5-7-9-17)20-15-18-14-19(24)10-11-21(18)25-23(20)27-4/h5-11,14-15H,12-13H2,1-4H3;5-12,14-15,22H,13H2,1-4H3/b22-16+;16-12+. The molecule has 0 fully saturated rings. The Hall–Kier alpha value is -4.34. The highest BCUT2D eigenvalue weighted by molar-refractivity contribution is 9.10. The second-order valence-electron chi connectivity index (χ2n) is 13.9. The Morgan fingerprint density at radius 2 is 1.24 bits per heavy atom. The third kappa shape index (κ3) is 10.4. The van der Waals surface area contributed by atoms with E-state index in [0.29, 0.717) is 11.8 Å². The monoisotopic (exact) mass is 848 g/mol. The second kappa shape index (κ2) is 19.3. The molecule has 0 amide bonds. The maximum atomic E-state index is 5.70. The summed E-state index contributed by atoms with van der Waals surface area (Å²) in [6.07, 6.45) is 3.26. The maximum Gasteiger partial charge on any atom is 0.221 e. The molecule has 0 N–H and O–H groups in total. The van der Waals surface area contributed by atoms with E-state index in [4.69, 9.17) is 19.4 Å². The molecule has 280 valence electrons. The van der Waals surface area contributed by atoms with E-state index in [1.54, 1.807) is 14.2 Å². The highest BCUT2D eigenvalue weighted by Crippen LogP contribution is 2.39. The molecule has 0 bridgehead atoms. The number of pyridine rings is 2. The molecule has 0 saturated carbocycles. The Morgan fingerprint density at radius 3 is 1.80 bits per heavy atom. The lowest BCUT2D eigenvalue weighted by molar-refractivity contribution is 0.393. The first-order chi connectivity index (χ1) is 26.0. The van der Waals surface area contributed by atoms with Crippen LogP contribution in [0, 0.1) is 0 Å². The largest absolute Gasteiger partial charge is 0.481 e. The van der Waals surface area contributed by atoms with Crippen LogP contribution in [0.1, 0.15) is 48.4 Å². The van der Waals surface area contributed by atoms with Crippen LogP contribution >= 0.6 is 31.9 Å². The Labute approximate surface area is 337 Å². The van der Waals surface area contributed by atoms with Gasteiger partial charge in [-0.3, -0.25) is 0 Å². The lowest BCUT2D eigenvalue weighted by Gasteiger charge is -2.22. The quantitative estimate of drug-likeness (QED) is 0.114. The summed E-state index contributed by atoms with van der Waals surface area (Å²) in [5.41, 5.74) is 10.2. The molecule has 6 aromatic rings. The number of hydrogen-bond donors (Lipinski definition) is 0. The summed E-state index contributed by atoms with van der Waals surface area (Å²) in [6.45, 7) is 6.28. The molecule has 2 aromatic heterocycles. The Morgan fingerprint density at radius 1 is 0.685 bits per heavy atom. The molecule has 54 heavy (non-hydrogen) atoms. The van der Waals surface area contributed by atoms with Gasteiger partial charge in [0.1, 0.15) is 0 Å². The summed E-state index contributed by atoms with van der Waals surface area (Å²) < 4.78 is 13.5. The predicted molar refractivity (Wildman–Crippen MR) is 234 cm³/mol. The third-order valence-electron chi connectivity index (χ3n) is 9.27. The average molecular weight is 851 g/mol. The number of benzene rings is 4. The molecule has 0 spiro atoms. The van der Waals surface area contributed by atoms with Crippen LogP contribution in [0.15, 0.2) is 135 Å². The summed E-state index contributed by atoms with van der Waals surface area (Å²) in [6, 6.07) is 37.7. The number of fused-ring (bicyclic) bond motifs is 2. The van der Waals surface area contributed by atoms with Crippen molar-refractivity contribution in [2.75, 3.05) is 55.5 Å². The van der Waals surface area contributed by atoms with Gasteiger partial charge in [0.25, 0.3) is 0 Å². The number of likely N-dealkylation sites (N-methyl/N-ethyl adjacent to an activating group) is 1. The number of methoxy groups -OCH3 is 2. The molecule has 1 unspecified atom stereocenters. The van der Waals surface area contributed by atoms with E-state index >= 15 is 0 Å². The molecule has 4 aromatic carbocycles. The Kier molecular flexibility index (Phi) is 14.6. The molecule has 2 heterocycles. The van der Waals surface area contributed by atoms with Gasteiger partial charge in [0.05, 0.1) is 25.3 Å². The lowest BCUT2D eigenvalue weighted by atomic mass is 9.85. The van der Waals surface area contributed by atoms with E-state index in [2.05, 4.69) is 163 Å². The Balaban J connectivity index is 0.000000208. The second-order valence-corrected chi connectivity index (χ2v) is 15.8. The predicted octanol–water partition coefficient (Wildman–Crippen LogP) is 11.4. The van der Waals surface area contributed by atoms with Crippen LogP contribution < -0.4 is 9.47 Å². The number of halogens is 2. The van der Waals surface area contributed by atoms with Gasteiger partial charge in [0.15, 0.2) is 0 Å². The number of aromatic nitrogens is 2. The van der Waals surface area contributed by atoms with Crippen LogP contribution in [-0.4, -0.2) is 75.3 Å². The van der Waals surface area contributed by atoms with E-state index in [1.807, 2.05) is 36.4 Å². The number of ether oxygens (including phenoxy) is 2. The van der Waals surface area contributed by atoms with Crippen molar-refractivity contribution in [3.05, 3.63) is 158 Å². The highest BCUT2D eigenvalue weighted by atomic mass is 79.9. The van der Waals surface area contributed by atoms with Gasteiger partial charge in [-0.05, 0) is 114 Å². The zero-order chi connectivity index (χ0) is 38.8. The van der Waals surface area contributed by atoms with Crippen LogP contribution in [0.3, 0.4) is 0 Å². The molecule has 1 atom stereocenters. The van der Waals surface area contributed by atoms with E-state index in [0.717, 1.165) is 61.4 Å². The first-order valence-corrected chi connectivity index (χ1v) is 19.6. The van der Waals surface area contributed by atoms with Gasteiger partial charge in [0.2, 0.25) is 11.8 Å². The summed E-state index contributed by atoms with van der Waals surface area (Å²) in [7, 11) is 11.7. The first-order valence-electron chi connectivity index (χ1n) is 18.0. The van der Waals surface area contributed by atoms with E-state index in [9.17, 15) is 0 Å². The van der Waals surface area contributed by atoms with Crippen molar-refractivity contribution in [3.63, 3.8) is 0 Å². The zero-order valence-corrected chi connectivity index (χ0v) is 35.7. The van der Waals surface area contributed by atoms with Gasteiger partial charge in [0, 0.05) is 49.9 Å². The van der Waals surface area contributed by atoms with Crippen LogP contribution in [0.25, 0.3) is 27.4 Å². The van der Waals surface area contributed by atoms with Gasteiger partial charge < -0.3 is 19.3 Å². The van der Waals surface area contributed by atoms with Crippen molar-refractivity contribution in [2.24, 2.45) is 0 Å². The SMILES string of the molecule is COc1nc2ccc(Br)cc2cc1/C(=C(\C)CCN(C)C)c1ccccc1.COc1nc2ccc(Br)cc2cc1C(/C(C)=C/CN(C)C)c1ccccc1. The van der Waals surface area contributed by atoms with Crippen molar-refractivity contribution in [2.45, 2.75) is 26.2 Å². The molecule has 0 aliphatic rings. The number of hydrogen-bond acceptors (Lipinski definition) is 6. The molecular formula is C46H50Br2N4O2. The van der Waals surface area contributed by atoms with Crippen LogP contribution in [0.2, 0.25) is 0 Å². The summed E-state index contributed by atoms with van der Waals surface area (Å²) in [5, 5.41) is 2.19. The molecule has 6 nitrogen and oxygen atoms in total. The molecule has 0 aliphatic carbocycles. The molecule has 0 radical (unpaired) electrons. The van der Waals surface area contributed by atoms with Gasteiger partial charge in [-0.1, -0.05) is 110 Å². The van der Waals surface area contributed by atoms with Crippen molar-refractivity contribution >= 4 is 59.2 Å². The minimum atomic E-state index is 0.0944. The molecule has 0 saturated heterocycles. The first kappa shape index (κ1) is 40.8. The van der Waals surface area contributed by atoms with Crippen molar-refractivity contribution in [3.8, 4) is 11.8 Å². The van der Waals surface area contributed by atoms with Gasteiger partial charge in [-0.2, -0.15) is 0 Å². The van der Waals surface area contributed by atoms with Gasteiger partial charge in [-0.25, -0.2) is 9.97 Å². The fourth-order valence-electron chi connectivity index (χ4n) is 6.51. The van der Waals surface area contributed by atoms with Crippen molar-refractivity contribution < 1.29 is 9.47 Å².